The molecule has 2 atom stereocenters. The standard InChI is InChI=1S/C19H19FN4O2/c20-15-8-11(16(25)10-23-13-5-4-12(21)9-13)3-6-14(15)19-24-18-17(26-19)2-1-7-22-18/h1-3,6-8,12-13,23H,4-5,9-10,21H2/t12-,13+/m0/s1. The second kappa shape index (κ2) is 6.93. The van der Waals surface area contributed by atoms with Crippen LogP contribution >= 0.6 is 0 Å². The Morgan fingerprint density at radius 2 is 2.23 bits per heavy atom. The summed E-state index contributed by atoms with van der Waals surface area (Å²) in [5, 5.41) is 3.20. The summed E-state index contributed by atoms with van der Waals surface area (Å²) < 4.78 is 20.0. The van der Waals surface area contributed by atoms with Crippen molar-refractivity contribution in [1.82, 2.24) is 15.3 Å². The monoisotopic (exact) mass is 354 g/mol. The molecule has 1 fully saturated rings. The van der Waals surface area contributed by atoms with E-state index in [4.69, 9.17) is 10.2 Å². The van der Waals surface area contributed by atoms with Gasteiger partial charge >= 0.3 is 0 Å². The van der Waals surface area contributed by atoms with Crippen LogP contribution in [0.5, 0.6) is 0 Å². The minimum atomic E-state index is -0.551. The molecule has 2 heterocycles. The Balaban J connectivity index is 1.49. The number of aromatic nitrogens is 2. The number of halogens is 1. The van der Waals surface area contributed by atoms with Gasteiger partial charge < -0.3 is 15.5 Å². The van der Waals surface area contributed by atoms with Gasteiger partial charge in [-0.2, -0.15) is 4.98 Å². The molecule has 0 aliphatic heterocycles. The predicted octanol–water partition coefficient (Wildman–Crippen LogP) is 2.68. The molecule has 3 N–H and O–H groups in total. The van der Waals surface area contributed by atoms with E-state index in [9.17, 15) is 9.18 Å². The van der Waals surface area contributed by atoms with Crippen molar-refractivity contribution in [1.29, 1.82) is 0 Å². The number of ketones is 1. The molecule has 4 rings (SSSR count). The first kappa shape index (κ1) is 16.8. The molecule has 0 bridgehead atoms. The van der Waals surface area contributed by atoms with Gasteiger partial charge in [0.25, 0.3) is 0 Å². The Hall–Kier alpha value is -2.64. The number of hydrogen-bond acceptors (Lipinski definition) is 6. The Kier molecular flexibility index (Phi) is 4.48. The molecule has 1 aliphatic rings. The van der Waals surface area contributed by atoms with Crippen LogP contribution in [0.1, 0.15) is 29.6 Å². The van der Waals surface area contributed by atoms with Gasteiger partial charge in [-0.15, -0.1) is 0 Å². The van der Waals surface area contributed by atoms with E-state index in [1.54, 1.807) is 24.4 Å². The van der Waals surface area contributed by atoms with Crippen molar-refractivity contribution in [3.63, 3.8) is 0 Å². The second-order valence-corrected chi connectivity index (χ2v) is 6.61. The summed E-state index contributed by atoms with van der Waals surface area (Å²) in [4.78, 5) is 20.6. The summed E-state index contributed by atoms with van der Waals surface area (Å²) >= 11 is 0. The first-order valence-electron chi connectivity index (χ1n) is 8.64. The quantitative estimate of drug-likeness (QED) is 0.684. The number of oxazole rings is 1. The normalized spacial score (nSPS) is 19.9. The highest BCUT2D eigenvalue weighted by molar-refractivity contribution is 5.98. The fourth-order valence-electron chi connectivity index (χ4n) is 3.29. The fourth-order valence-corrected chi connectivity index (χ4v) is 3.29. The average Bonchev–Trinajstić information content (AvgIpc) is 3.25. The number of carbonyl (C=O) groups excluding carboxylic acids is 1. The average molecular weight is 354 g/mol. The third-order valence-corrected chi connectivity index (χ3v) is 4.71. The topological polar surface area (TPSA) is 94.0 Å². The first-order valence-corrected chi connectivity index (χ1v) is 8.64. The predicted molar refractivity (Wildman–Crippen MR) is 95.1 cm³/mol. The van der Waals surface area contributed by atoms with Gasteiger partial charge in [0.1, 0.15) is 5.82 Å². The van der Waals surface area contributed by atoms with Crippen LogP contribution in [0, 0.1) is 5.82 Å². The number of pyridine rings is 1. The second-order valence-electron chi connectivity index (χ2n) is 6.61. The smallest absolute Gasteiger partial charge is 0.231 e. The summed E-state index contributed by atoms with van der Waals surface area (Å²) in [7, 11) is 0. The van der Waals surface area contributed by atoms with Crippen LogP contribution in [0.2, 0.25) is 0 Å². The van der Waals surface area contributed by atoms with E-state index in [0.717, 1.165) is 19.3 Å². The number of carbonyl (C=O) groups is 1. The van der Waals surface area contributed by atoms with E-state index >= 15 is 0 Å². The third-order valence-electron chi connectivity index (χ3n) is 4.71. The van der Waals surface area contributed by atoms with Crippen molar-refractivity contribution in [3.05, 3.63) is 47.9 Å². The number of nitrogens with zero attached hydrogens (tertiary/aromatic N) is 2. The lowest BCUT2D eigenvalue weighted by Gasteiger charge is -2.11. The van der Waals surface area contributed by atoms with E-state index < -0.39 is 5.82 Å². The van der Waals surface area contributed by atoms with E-state index in [1.165, 1.54) is 12.1 Å². The van der Waals surface area contributed by atoms with E-state index in [1.807, 2.05) is 0 Å². The summed E-state index contributed by atoms with van der Waals surface area (Å²) in [5.74, 6) is -0.561. The maximum absolute atomic E-state index is 14.5. The molecular weight excluding hydrogens is 335 g/mol. The van der Waals surface area contributed by atoms with Gasteiger partial charge in [-0.05, 0) is 43.5 Å². The van der Waals surface area contributed by atoms with E-state index in [-0.39, 0.29) is 35.9 Å². The van der Waals surface area contributed by atoms with Gasteiger partial charge in [0.15, 0.2) is 17.0 Å². The van der Waals surface area contributed by atoms with Crippen LogP contribution in [0.15, 0.2) is 40.9 Å². The van der Waals surface area contributed by atoms with Crippen molar-refractivity contribution >= 4 is 17.0 Å². The van der Waals surface area contributed by atoms with Gasteiger partial charge in [-0.25, -0.2) is 9.37 Å². The zero-order valence-electron chi connectivity index (χ0n) is 14.1. The first-order chi connectivity index (χ1) is 12.6. The van der Waals surface area contributed by atoms with Crippen molar-refractivity contribution in [2.45, 2.75) is 31.3 Å². The highest BCUT2D eigenvalue weighted by Gasteiger charge is 2.22. The van der Waals surface area contributed by atoms with E-state index in [0.29, 0.717) is 16.8 Å². The van der Waals surface area contributed by atoms with Crippen LogP contribution in [-0.4, -0.2) is 34.4 Å². The minimum Gasteiger partial charge on any atom is -0.434 e. The van der Waals surface area contributed by atoms with Crippen molar-refractivity contribution in [2.24, 2.45) is 5.73 Å². The lowest BCUT2D eigenvalue weighted by molar-refractivity contribution is 0.0987. The highest BCUT2D eigenvalue weighted by Crippen LogP contribution is 2.26. The molecule has 2 aromatic heterocycles. The third kappa shape index (κ3) is 3.36. The van der Waals surface area contributed by atoms with E-state index in [2.05, 4.69) is 15.3 Å². The lowest BCUT2D eigenvalue weighted by atomic mass is 10.1. The summed E-state index contributed by atoms with van der Waals surface area (Å²) in [6.07, 6.45) is 4.39. The molecule has 0 saturated heterocycles. The van der Waals surface area contributed by atoms with Gasteiger partial charge in [0.2, 0.25) is 5.89 Å². The number of nitrogens with one attached hydrogen (secondary N) is 1. The van der Waals surface area contributed by atoms with Gasteiger partial charge in [0, 0.05) is 23.8 Å². The van der Waals surface area contributed by atoms with Crippen LogP contribution in [0.25, 0.3) is 22.7 Å². The van der Waals surface area contributed by atoms with Gasteiger partial charge in [-0.3, -0.25) is 4.79 Å². The van der Waals surface area contributed by atoms with Crippen molar-refractivity contribution in [3.8, 4) is 11.5 Å². The molecule has 3 aromatic rings. The number of fused-ring (bicyclic) bond motifs is 1. The highest BCUT2D eigenvalue weighted by atomic mass is 19.1. The zero-order valence-corrected chi connectivity index (χ0v) is 14.1. The Morgan fingerprint density at radius 3 is 2.96 bits per heavy atom. The lowest BCUT2D eigenvalue weighted by Crippen LogP contribution is -2.33. The van der Waals surface area contributed by atoms with Crippen molar-refractivity contribution < 1.29 is 13.6 Å². The largest absolute Gasteiger partial charge is 0.434 e. The van der Waals surface area contributed by atoms with Gasteiger partial charge in [0.05, 0.1) is 12.1 Å². The molecular formula is C19H19FN4O2. The molecule has 1 aromatic carbocycles. The fraction of sp³-hybridized carbons (Fsp3) is 0.316. The number of nitrogens with two attached hydrogens (primary N) is 1. The molecule has 7 heteroatoms. The van der Waals surface area contributed by atoms with Crippen molar-refractivity contribution in [2.75, 3.05) is 6.54 Å². The van der Waals surface area contributed by atoms with Crippen LogP contribution in [-0.2, 0) is 0 Å². The summed E-state index contributed by atoms with van der Waals surface area (Å²) in [5.41, 5.74) is 7.29. The Bertz CT molecular complexity index is 923. The number of rotatable bonds is 5. The molecule has 1 saturated carbocycles. The summed E-state index contributed by atoms with van der Waals surface area (Å²) in [6.45, 7) is 0.170. The SMILES string of the molecule is N[C@H]1CC[C@@H](NCC(=O)c2ccc(-c3nc4ncccc4o3)c(F)c2)C1. The number of benzene rings is 1. The molecule has 6 nitrogen and oxygen atoms in total. The molecule has 0 radical (unpaired) electrons. The number of hydrogen-bond donors (Lipinski definition) is 2. The Morgan fingerprint density at radius 1 is 1.35 bits per heavy atom. The van der Waals surface area contributed by atoms with Crippen LogP contribution in [0.3, 0.4) is 0 Å². The van der Waals surface area contributed by atoms with Crippen LogP contribution < -0.4 is 11.1 Å². The Labute approximate surface area is 149 Å². The molecule has 0 spiro atoms. The number of Topliss-reactive ketones (excluding diaryl/α,β-unsaturated/α-hetero) is 1. The van der Waals surface area contributed by atoms with Crippen LogP contribution in [0.4, 0.5) is 4.39 Å². The molecule has 1 aliphatic carbocycles. The molecule has 0 unspecified atom stereocenters. The maximum Gasteiger partial charge on any atom is 0.231 e. The summed E-state index contributed by atoms with van der Waals surface area (Å²) in [6, 6.07) is 8.22. The van der Waals surface area contributed by atoms with Gasteiger partial charge in [-0.1, -0.05) is 6.07 Å². The molecule has 134 valence electrons. The minimum absolute atomic E-state index is 0.147. The zero-order chi connectivity index (χ0) is 18.1. The molecule has 0 amide bonds. The maximum atomic E-state index is 14.5. The molecule has 26 heavy (non-hydrogen) atoms.